The second kappa shape index (κ2) is 3.91. The van der Waals surface area contributed by atoms with Gasteiger partial charge in [0.2, 0.25) is 0 Å². The second-order valence-corrected chi connectivity index (χ2v) is 2.67. The van der Waals surface area contributed by atoms with Crippen LogP contribution in [0.3, 0.4) is 0 Å². The lowest BCUT2D eigenvalue weighted by Crippen LogP contribution is -1.94. The summed E-state index contributed by atoms with van der Waals surface area (Å²) in [7, 11) is 0. The van der Waals surface area contributed by atoms with E-state index in [1.54, 1.807) is 6.08 Å². The molecule has 62 valence electrons. The molecule has 0 aliphatic heterocycles. The molecule has 0 amide bonds. The molecule has 0 aromatic heterocycles. The zero-order valence-electron chi connectivity index (χ0n) is 7.12. The summed E-state index contributed by atoms with van der Waals surface area (Å²) in [6.45, 7) is 5.38. The monoisotopic (exact) mass is 160 g/mol. The molecule has 1 atom stereocenters. The average molecular weight is 160 g/mol. The molecule has 1 N–H and O–H groups in total. The Bertz CT molecular complexity index is 309. The Balaban J connectivity index is 3.02. The molecule has 0 spiro atoms. The summed E-state index contributed by atoms with van der Waals surface area (Å²) in [6, 6.07) is 7.72. The van der Waals surface area contributed by atoms with E-state index in [2.05, 4.69) is 12.3 Å². The van der Waals surface area contributed by atoms with Crippen LogP contribution in [0.2, 0.25) is 0 Å². The smallest absolute Gasteiger partial charge is 0.105 e. The largest absolute Gasteiger partial charge is 0.384 e. The first-order chi connectivity index (χ1) is 5.75. The van der Waals surface area contributed by atoms with Crippen LogP contribution in [0, 0.1) is 6.92 Å². The SMILES string of the molecule is C=C=CC(O)c1ccccc1C. The molecule has 1 rings (SSSR count). The van der Waals surface area contributed by atoms with Gasteiger partial charge in [0.15, 0.2) is 0 Å². The number of hydrogen-bond acceptors (Lipinski definition) is 1. The molecular formula is C11H12O. The lowest BCUT2D eigenvalue weighted by atomic mass is 10.0. The first-order valence-electron chi connectivity index (χ1n) is 3.85. The van der Waals surface area contributed by atoms with Gasteiger partial charge in [-0.25, -0.2) is 0 Å². The molecule has 0 aliphatic carbocycles. The zero-order chi connectivity index (χ0) is 8.97. The highest BCUT2D eigenvalue weighted by Gasteiger charge is 2.04. The lowest BCUT2D eigenvalue weighted by Gasteiger charge is -2.07. The molecule has 1 unspecified atom stereocenters. The Labute approximate surface area is 72.7 Å². The van der Waals surface area contributed by atoms with Crippen LogP contribution in [-0.2, 0) is 0 Å². The Kier molecular flexibility index (Phi) is 2.87. The van der Waals surface area contributed by atoms with Gasteiger partial charge in [-0.3, -0.25) is 0 Å². The van der Waals surface area contributed by atoms with Gasteiger partial charge >= 0.3 is 0 Å². The molecule has 12 heavy (non-hydrogen) atoms. The van der Waals surface area contributed by atoms with Gasteiger partial charge < -0.3 is 5.11 Å². The molecule has 1 aromatic rings. The van der Waals surface area contributed by atoms with E-state index in [9.17, 15) is 5.11 Å². The van der Waals surface area contributed by atoms with Crippen molar-refractivity contribution in [2.24, 2.45) is 0 Å². The van der Waals surface area contributed by atoms with Crippen molar-refractivity contribution >= 4 is 0 Å². The van der Waals surface area contributed by atoms with Gasteiger partial charge in [0, 0.05) is 0 Å². The van der Waals surface area contributed by atoms with Crippen LogP contribution in [0.5, 0.6) is 0 Å². The summed E-state index contributed by atoms with van der Waals surface area (Å²) >= 11 is 0. The maximum atomic E-state index is 9.54. The van der Waals surface area contributed by atoms with Crippen molar-refractivity contribution in [1.82, 2.24) is 0 Å². The Morgan fingerprint density at radius 3 is 2.75 bits per heavy atom. The number of aliphatic hydroxyl groups excluding tert-OH is 1. The summed E-state index contributed by atoms with van der Waals surface area (Å²) in [5.41, 5.74) is 4.56. The fraction of sp³-hybridized carbons (Fsp3) is 0.182. The van der Waals surface area contributed by atoms with E-state index in [4.69, 9.17) is 0 Å². The average Bonchev–Trinajstić information content (AvgIpc) is 2.05. The number of rotatable bonds is 2. The maximum absolute atomic E-state index is 9.54. The van der Waals surface area contributed by atoms with E-state index >= 15 is 0 Å². The summed E-state index contributed by atoms with van der Waals surface area (Å²) in [5.74, 6) is 0. The normalized spacial score (nSPS) is 11.8. The Hall–Kier alpha value is -1.30. The maximum Gasteiger partial charge on any atom is 0.105 e. The van der Waals surface area contributed by atoms with Crippen LogP contribution in [0.4, 0.5) is 0 Å². The van der Waals surface area contributed by atoms with Gasteiger partial charge in [0.05, 0.1) is 0 Å². The third-order valence-corrected chi connectivity index (χ3v) is 1.78. The van der Waals surface area contributed by atoms with E-state index in [1.807, 2.05) is 31.2 Å². The lowest BCUT2D eigenvalue weighted by molar-refractivity contribution is 0.228. The van der Waals surface area contributed by atoms with E-state index in [1.165, 1.54) is 0 Å². The van der Waals surface area contributed by atoms with Crippen LogP contribution in [0.1, 0.15) is 17.2 Å². The third kappa shape index (κ3) is 1.85. The summed E-state index contributed by atoms with van der Waals surface area (Å²) < 4.78 is 0. The first-order valence-corrected chi connectivity index (χ1v) is 3.85. The summed E-state index contributed by atoms with van der Waals surface area (Å²) in [6.07, 6.45) is 0.964. The standard InChI is InChI=1S/C11H12O/c1-3-6-11(12)10-8-5-4-7-9(10)2/h4-8,11-12H,1H2,2H3. The predicted molar refractivity (Wildman–Crippen MR) is 49.8 cm³/mol. The van der Waals surface area contributed by atoms with Crippen LogP contribution in [-0.4, -0.2) is 5.11 Å². The fourth-order valence-electron chi connectivity index (χ4n) is 1.12. The minimum atomic E-state index is -0.580. The molecule has 0 radical (unpaired) electrons. The molecule has 1 heteroatoms. The van der Waals surface area contributed by atoms with Crippen molar-refractivity contribution in [3.05, 3.63) is 53.8 Å². The number of aryl methyl sites for hydroxylation is 1. The Morgan fingerprint density at radius 2 is 2.17 bits per heavy atom. The van der Waals surface area contributed by atoms with Gasteiger partial charge in [-0.2, -0.15) is 0 Å². The minimum absolute atomic E-state index is 0.580. The van der Waals surface area contributed by atoms with Crippen molar-refractivity contribution in [2.45, 2.75) is 13.0 Å². The third-order valence-electron chi connectivity index (χ3n) is 1.78. The van der Waals surface area contributed by atoms with Crippen LogP contribution in [0.15, 0.2) is 42.7 Å². The van der Waals surface area contributed by atoms with Crippen molar-refractivity contribution < 1.29 is 5.11 Å². The molecule has 0 fully saturated rings. The van der Waals surface area contributed by atoms with Crippen molar-refractivity contribution in [3.63, 3.8) is 0 Å². The quantitative estimate of drug-likeness (QED) is 0.658. The molecule has 0 bridgehead atoms. The van der Waals surface area contributed by atoms with E-state index in [0.29, 0.717) is 0 Å². The summed E-state index contributed by atoms with van der Waals surface area (Å²) in [4.78, 5) is 0. The molecule has 1 aromatic carbocycles. The molecule has 0 aliphatic rings. The van der Waals surface area contributed by atoms with Crippen LogP contribution in [0.25, 0.3) is 0 Å². The molecular weight excluding hydrogens is 148 g/mol. The topological polar surface area (TPSA) is 20.2 Å². The van der Waals surface area contributed by atoms with Crippen molar-refractivity contribution in [2.75, 3.05) is 0 Å². The highest BCUT2D eigenvalue weighted by molar-refractivity contribution is 5.29. The number of benzene rings is 1. The van der Waals surface area contributed by atoms with E-state index in [-0.39, 0.29) is 0 Å². The van der Waals surface area contributed by atoms with Crippen molar-refractivity contribution in [1.29, 1.82) is 0 Å². The van der Waals surface area contributed by atoms with Crippen LogP contribution >= 0.6 is 0 Å². The zero-order valence-corrected chi connectivity index (χ0v) is 7.12. The summed E-state index contributed by atoms with van der Waals surface area (Å²) in [5, 5.41) is 9.54. The molecule has 0 saturated carbocycles. The number of aliphatic hydroxyl groups is 1. The van der Waals surface area contributed by atoms with Gasteiger partial charge in [-0.1, -0.05) is 30.8 Å². The van der Waals surface area contributed by atoms with E-state index in [0.717, 1.165) is 11.1 Å². The highest BCUT2D eigenvalue weighted by atomic mass is 16.3. The fourth-order valence-corrected chi connectivity index (χ4v) is 1.12. The second-order valence-electron chi connectivity index (χ2n) is 2.67. The van der Waals surface area contributed by atoms with Gasteiger partial charge in [-0.05, 0) is 24.1 Å². The number of hydrogen-bond donors (Lipinski definition) is 1. The van der Waals surface area contributed by atoms with Gasteiger partial charge in [0.25, 0.3) is 0 Å². The highest BCUT2D eigenvalue weighted by Crippen LogP contribution is 2.17. The van der Waals surface area contributed by atoms with Gasteiger partial charge in [-0.15, -0.1) is 5.73 Å². The molecule has 1 nitrogen and oxygen atoms in total. The van der Waals surface area contributed by atoms with Gasteiger partial charge in [0.1, 0.15) is 6.10 Å². The van der Waals surface area contributed by atoms with E-state index < -0.39 is 6.10 Å². The predicted octanol–water partition coefficient (Wildman–Crippen LogP) is 2.37. The minimum Gasteiger partial charge on any atom is -0.384 e. The molecule has 0 saturated heterocycles. The van der Waals surface area contributed by atoms with Crippen molar-refractivity contribution in [3.8, 4) is 0 Å². The Morgan fingerprint density at radius 1 is 1.50 bits per heavy atom. The van der Waals surface area contributed by atoms with Crippen LogP contribution < -0.4 is 0 Å². The first kappa shape index (κ1) is 8.79. The molecule has 0 heterocycles.